The molecule has 3 aromatic heterocycles. The number of fused-ring (bicyclic) bond motifs is 1. The van der Waals surface area contributed by atoms with E-state index in [1.807, 2.05) is 0 Å². The summed E-state index contributed by atoms with van der Waals surface area (Å²) >= 11 is 3.12. The molecule has 0 aliphatic heterocycles. The molecule has 22 heavy (non-hydrogen) atoms. The van der Waals surface area contributed by atoms with Gasteiger partial charge in [0, 0.05) is 15.7 Å². The number of hydrogen-bond acceptors (Lipinski definition) is 7. The van der Waals surface area contributed by atoms with E-state index in [4.69, 9.17) is 5.84 Å². The first-order chi connectivity index (χ1) is 10.4. The highest BCUT2D eigenvalue weighted by Gasteiger charge is 2.24. The second-order valence-electron chi connectivity index (χ2n) is 5.99. The molecule has 116 valence electrons. The van der Waals surface area contributed by atoms with Crippen LogP contribution in [-0.4, -0.2) is 24.8 Å². The van der Waals surface area contributed by atoms with Crippen molar-refractivity contribution in [3.63, 3.8) is 0 Å². The predicted molar refractivity (Wildman–Crippen MR) is 89.8 cm³/mol. The maximum absolute atomic E-state index is 6.14. The molecule has 3 rings (SSSR count). The van der Waals surface area contributed by atoms with E-state index in [2.05, 4.69) is 53.9 Å². The zero-order valence-corrected chi connectivity index (χ0v) is 14.6. The van der Waals surface area contributed by atoms with Crippen molar-refractivity contribution in [3.8, 4) is 0 Å². The summed E-state index contributed by atoms with van der Waals surface area (Å²) < 4.78 is 1.55. The SMILES string of the molecule is CCc1cc2c(Sc3nnc(C(C)(C)C)n3N)ncnc2s1. The van der Waals surface area contributed by atoms with Gasteiger partial charge in [0.1, 0.15) is 16.2 Å². The van der Waals surface area contributed by atoms with Crippen molar-refractivity contribution in [2.24, 2.45) is 0 Å². The molecule has 0 aliphatic rings. The topological polar surface area (TPSA) is 82.5 Å². The maximum Gasteiger partial charge on any atom is 0.216 e. The number of aromatic nitrogens is 5. The summed E-state index contributed by atoms with van der Waals surface area (Å²) in [7, 11) is 0. The van der Waals surface area contributed by atoms with Crippen molar-refractivity contribution in [2.75, 3.05) is 5.84 Å². The summed E-state index contributed by atoms with van der Waals surface area (Å²) in [6, 6.07) is 2.14. The van der Waals surface area contributed by atoms with Gasteiger partial charge in [0.05, 0.1) is 0 Å². The van der Waals surface area contributed by atoms with E-state index in [9.17, 15) is 0 Å². The average Bonchev–Trinajstić information content (AvgIpc) is 3.03. The summed E-state index contributed by atoms with van der Waals surface area (Å²) in [6.07, 6.45) is 2.58. The molecule has 0 saturated carbocycles. The minimum Gasteiger partial charge on any atom is -0.336 e. The fourth-order valence-electron chi connectivity index (χ4n) is 2.08. The smallest absolute Gasteiger partial charge is 0.216 e. The molecule has 3 aromatic rings. The highest BCUT2D eigenvalue weighted by atomic mass is 32.2. The van der Waals surface area contributed by atoms with Gasteiger partial charge in [0.2, 0.25) is 5.16 Å². The van der Waals surface area contributed by atoms with E-state index >= 15 is 0 Å². The van der Waals surface area contributed by atoms with E-state index in [1.165, 1.54) is 16.6 Å². The number of thiophene rings is 1. The van der Waals surface area contributed by atoms with Crippen molar-refractivity contribution < 1.29 is 0 Å². The van der Waals surface area contributed by atoms with E-state index in [0.717, 1.165) is 27.5 Å². The molecule has 0 radical (unpaired) electrons. The van der Waals surface area contributed by atoms with Gasteiger partial charge in [-0.25, -0.2) is 14.6 Å². The lowest BCUT2D eigenvalue weighted by Gasteiger charge is -2.16. The Morgan fingerprint density at radius 1 is 1.27 bits per heavy atom. The zero-order chi connectivity index (χ0) is 15.9. The van der Waals surface area contributed by atoms with Crippen LogP contribution in [0.15, 0.2) is 22.6 Å². The van der Waals surface area contributed by atoms with E-state index in [-0.39, 0.29) is 5.41 Å². The highest BCUT2D eigenvalue weighted by molar-refractivity contribution is 7.99. The minimum atomic E-state index is -0.153. The number of nitrogens with zero attached hydrogens (tertiary/aromatic N) is 5. The van der Waals surface area contributed by atoms with Gasteiger partial charge in [0.15, 0.2) is 5.82 Å². The van der Waals surface area contributed by atoms with Crippen molar-refractivity contribution in [2.45, 2.75) is 49.7 Å². The Balaban J connectivity index is 2.00. The highest BCUT2D eigenvalue weighted by Crippen LogP contribution is 2.34. The summed E-state index contributed by atoms with van der Waals surface area (Å²) in [5, 5.41) is 11.0. The van der Waals surface area contributed by atoms with Gasteiger partial charge in [0.25, 0.3) is 0 Å². The molecular weight excluding hydrogens is 316 g/mol. The molecule has 0 saturated heterocycles. The van der Waals surface area contributed by atoms with Crippen LogP contribution in [0.4, 0.5) is 0 Å². The Hall–Kier alpha value is -1.67. The van der Waals surface area contributed by atoms with Gasteiger partial charge in [-0.2, -0.15) is 0 Å². The third-order valence-electron chi connectivity index (χ3n) is 3.22. The van der Waals surface area contributed by atoms with Gasteiger partial charge < -0.3 is 5.84 Å². The van der Waals surface area contributed by atoms with Crippen LogP contribution in [-0.2, 0) is 11.8 Å². The van der Waals surface area contributed by atoms with Crippen molar-refractivity contribution >= 4 is 33.3 Å². The molecule has 3 heterocycles. The Kier molecular flexibility index (Phi) is 3.82. The van der Waals surface area contributed by atoms with Crippen molar-refractivity contribution in [3.05, 3.63) is 23.1 Å². The normalized spacial score (nSPS) is 12.2. The quantitative estimate of drug-likeness (QED) is 0.585. The Bertz CT molecular complexity index is 814. The first-order valence-electron chi connectivity index (χ1n) is 7.02. The molecule has 0 aliphatic carbocycles. The lowest BCUT2D eigenvalue weighted by atomic mass is 9.96. The van der Waals surface area contributed by atoms with Crippen LogP contribution in [0, 0.1) is 0 Å². The molecule has 0 atom stereocenters. The number of nitrogen functional groups attached to an aromatic ring is 1. The van der Waals surface area contributed by atoms with Crippen LogP contribution in [0.5, 0.6) is 0 Å². The number of hydrogen-bond donors (Lipinski definition) is 1. The van der Waals surface area contributed by atoms with Gasteiger partial charge in [-0.05, 0) is 24.2 Å². The average molecular weight is 334 g/mol. The number of rotatable bonds is 3. The lowest BCUT2D eigenvalue weighted by Crippen LogP contribution is -2.24. The maximum atomic E-state index is 6.14. The number of aryl methyl sites for hydroxylation is 1. The second-order valence-corrected chi connectivity index (χ2v) is 8.06. The third kappa shape index (κ3) is 2.68. The predicted octanol–water partition coefficient (Wildman–Crippen LogP) is 3.01. The van der Waals surface area contributed by atoms with Gasteiger partial charge >= 0.3 is 0 Å². The Morgan fingerprint density at radius 2 is 2.05 bits per heavy atom. The Labute approximate surface area is 137 Å². The molecule has 0 fully saturated rings. The van der Waals surface area contributed by atoms with Gasteiger partial charge in [-0.1, -0.05) is 27.7 Å². The van der Waals surface area contributed by atoms with E-state index < -0.39 is 0 Å². The third-order valence-corrected chi connectivity index (χ3v) is 5.38. The molecular formula is C14H18N6S2. The summed E-state index contributed by atoms with van der Waals surface area (Å²) in [6.45, 7) is 8.31. The summed E-state index contributed by atoms with van der Waals surface area (Å²) in [5.74, 6) is 6.89. The standard InChI is InChI=1S/C14H18N6S2/c1-5-8-6-9-10(21-8)16-7-17-11(9)22-13-19-18-12(20(13)15)14(2,3)4/h6-7H,5,15H2,1-4H3. The minimum absolute atomic E-state index is 0.153. The molecule has 0 amide bonds. The summed E-state index contributed by atoms with van der Waals surface area (Å²) in [4.78, 5) is 11.0. The molecule has 8 heteroatoms. The van der Waals surface area contributed by atoms with Crippen molar-refractivity contribution in [1.82, 2.24) is 24.8 Å². The van der Waals surface area contributed by atoms with Crippen LogP contribution in [0.2, 0.25) is 0 Å². The fraction of sp³-hybridized carbons (Fsp3) is 0.429. The Morgan fingerprint density at radius 3 is 2.68 bits per heavy atom. The fourth-order valence-corrected chi connectivity index (χ4v) is 3.89. The van der Waals surface area contributed by atoms with E-state index in [1.54, 1.807) is 22.3 Å². The van der Waals surface area contributed by atoms with Crippen LogP contribution >= 0.6 is 23.1 Å². The van der Waals surface area contributed by atoms with E-state index in [0.29, 0.717) is 5.16 Å². The lowest BCUT2D eigenvalue weighted by molar-refractivity contribution is 0.523. The van der Waals surface area contributed by atoms with Crippen molar-refractivity contribution in [1.29, 1.82) is 0 Å². The first kappa shape index (κ1) is 15.2. The molecule has 2 N–H and O–H groups in total. The zero-order valence-electron chi connectivity index (χ0n) is 13.0. The first-order valence-corrected chi connectivity index (χ1v) is 8.65. The van der Waals surface area contributed by atoms with Crippen LogP contribution in [0.1, 0.15) is 38.4 Å². The molecule has 0 bridgehead atoms. The van der Waals surface area contributed by atoms with Gasteiger partial charge in [-0.15, -0.1) is 21.5 Å². The molecule has 0 spiro atoms. The largest absolute Gasteiger partial charge is 0.336 e. The second kappa shape index (κ2) is 5.51. The van der Waals surface area contributed by atoms with Gasteiger partial charge in [-0.3, -0.25) is 0 Å². The van der Waals surface area contributed by atoms with Crippen LogP contribution < -0.4 is 5.84 Å². The van der Waals surface area contributed by atoms with Crippen LogP contribution in [0.25, 0.3) is 10.2 Å². The monoisotopic (exact) mass is 334 g/mol. The van der Waals surface area contributed by atoms with Crippen LogP contribution in [0.3, 0.4) is 0 Å². The molecule has 0 aromatic carbocycles. The number of nitrogens with two attached hydrogens (primary N) is 1. The molecule has 0 unspecified atom stereocenters. The molecule has 6 nitrogen and oxygen atoms in total. The summed E-state index contributed by atoms with van der Waals surface area (Å²) in [5.41, 5.74) is -0.153.